The summed E-state index contributed by atoms with van der Waals surface area (Å²) >= 11 is 0. The van der Waals surface area contributed by atoms with Gasteiger partial charge in [-0.2, -0.15) is 16.8 Å². The van der Waals surface area contributed by atoms with Crippen molar-refractivity contribution in [3.63, 3.8) is 0 Å². The van der Waals surface area contributed by atoms with Crippen LogP contribution < -0.4 is 0 Å². The topological polar surface area (TPSA) is 151 Å². The van der Waals surface area contributed by atoms with Crippen molar-refractivity contribution < 1.29 is 29.8 Å². The zero-order chi connectivity index (χ0) is 10.2. The van der Waals surface area contributed by atoms with Crippen LogP contribution in [0.1, 0.15) is 0 Å². The van der Waals surface area contributed by atoms with Crippen molar-refractivity contribution in [2.24, 2.45) is 0 Å². The van der Waals surface area contributed by atoms with Gasteiger partial charge in [0.25, 0.3) is 4.38 Å². The third kappa shape index (κ3) is 1.53. The van der Waals surface area contributed by atoms with E-state index in [-0.39, 0.29) is 0 Å². The monoisotopic (exact) mass is 237 g/mol. The molecule has 0 spiro atoms. The largest absolute Gasteiger partial charge is 0.650 e. The van der Waals surface area contributed by atoms with Gasteiger partial charge in [-0.25, -0.2) is 0 Å². The van der Waals surface area contributed by atoms with Crippen LogP contribution >= 0.6 is 0 Å². The lowest BCUT2D eigenvalue weighted by atomic mass is 13.4. The first-order chi connectivity index (χ1) is 5.06. The second-order valence-electron chi connectivity index (χ2n) is 1.35. The van der Waals surface area contributed by atoms with Gasteiger partial charge in [-0.05, 0) is 0 Å². The van der Waals surface area contributed by atoms with E-state index in [0.717, 1.165) is 0 Å². The molecule has 12 heteroatoms. The van der Waals surface area contributed by atoms with Crippen molar-refractivity contribution in [2.45, 2.75) is 0 Å². The van der Waals surface area contributed by atoms with Gasteiger partial charge in [-0.15, -0.1) is 8.42 Å². The van der Waals surface area contributed by atoms with Crippen molar-refractivity contribution in [3.05, 3.63) is 4.38 Å². The molecule has 0 rings (SSSR count). The lowest BCUT2D eigenvalue weighted by Gasteiger charge is -1.85. The minimum Gasteiger partial charge on any atom is -0.273 e. The van der Waals surface area contributed by atoms with E-state index in [1.807, 2.05) is 0 Å². The lowest BCUT2D eigenvalue weighted by molar-refractivity contribution is 0.494. The maximum Gasteiger partial charge on any atom is 0.650 e. The van der Waals surface area contributed by atoms with Crippen molar-refractivity contribution in [1.82, 2.24) is 0 Å². The molecule has 9 nitrogen and oxygen atoms in total. The van der Waals surface area contributed by atoms with Crippen LogP contribution in [-0.4, -0.2) is 29.8 Å². The normalized spacial score (nSPS) is 13.7. The molecule has 0 fully saturated rings. The highest BCUT2D eigenvalue weighted by atomic mass is 33.6. The molecule has 0 aliphatic rings. The van der Waals surface area contributed by atoms with Crippen molar-refractivity contribution in [1.29, 1.82) is 5.39 Å². The first-order valence-corrected chi connectivity index (χ1v) is 7.30. The minimum atomic E-state index is -5.94. The number of hydrogen-bond acceptors (Lipinski definition) is 7. The second-order valence-corrected chi connectivity index (χ2v) is 9.83. The first kappa shape index (κ1) is 11.2. The smallest absolute Gasteiger partial charge is 0.273 e. The quantitative estimate of drug-likeness (QED) is 0.339. The molecule has 0 bridgehead atoms. The Bertz CT molecular complexity index is 508. The summed E-state index contributed by atoms with van der Waals surface area (Å²) in [6.45, 7) is 0. The van der Waals surface area contributed by atoms with Gasteiger partial charge in [0.15, 0.2) is 0 Å². The van der Waals surface area contributed by atoms with Crippen LogP contribution in [0.5, 0.6) is 0 Å². The number of diazo groups is 1. The summed E-state index contributed by atoms with van der Waals surface area (Å²) in [4.78, 5) is 0. The molecule has 0 aliphatic carbocycles. The average molecular weight is 237 g/mol. The highest BCUT2D eigenvalue weighted by Gasteiger charge is 2.53. The first-order valence-electron chi connectivity index (χ1n) is 1.90. The van der Waals surface area contributed by atoms with Crippen LogP contribution in [0.2, 0.25) is 0 Å². The van der Waals surface area contributed by atoms with Crippen molar-refractivity contribution >= 4 is 26.1 Å². The predicted molar refractivity (Wildman–Crippen MR) is 34.5 cm³/mol. The molecule has 0 saturated heterocycles. The fourth-order valence-electron chi connectivity index (χ4n) is 0.149. The Labute approximate surface area is 66.1 Å². The van der Waals surface area contributed by atoms with Gasteiger partial charge in [0, 0.05) is 0 Å². The fraction of sp³-hybridized carbons (Fsp3) is 0. The van der Waals surface area contributed by atoms with E-state index < -0.39 is 26.1 Å². The minimum absolute atomic E-state index is 1.30. The van der Waals surface area contributed by atoms with Crippen LogP contribution in [0, 0.1) is 5.39 Å². The van der Waals surface area contributed by atoms with Gasteiger partial charge in [0.1, 0.15) is 0 Å². The summed E-state index contributed by atoms with van der Waals surface area (Å²) in [5.74, 6) is 0. The molecule has 0 aromatic heterocycles. The van der Waals surface area contributed by atoms with E-state index in [4.69, 9.17) is 9.95 Å². The summed E-state index contributed by atoms with van der Waals surface area (Å²) in [5.41, 5.74) is 0. The van der Waals surface area contributed by atoms with Crippen molar-refractivity contribution in [2.75, 3.05) is 0 Å². The second kappa shape index (κ2) is 2.62. The molecule has 12 heavy (non-hydrogen) atoms. The molecule has 0 aromatic carbocycles. The molecule has 0 atom stereocenters. The lowest BCUT2D eigenvalue weighted by Crippen LogP contribution is -2.21. The van der Waals surface area contributed by atoms with Crippen LogP contribution in [0.25, 0.3) is 4.38 Å². The fourth-order valence-corrected chi connectivity index (χ4v) is 3.55. The van der Waals surface area contributed by atoms with Gasteiger partial charge in [-0.3, -0.25) is 4.55 Å². The molecule has 1 N–H and O–H groups in total. The van der Waals surface area contributed by atoms with Gasteiger partial charge in [0.2, 0.25) is 5.39 Å². The summed E-state index contributed by atoms with van der Waals surface area (Å²) in [5, 5.41) is 7.58. The van der Waals surface area contributed by atoms with Crippen LogP contribution in [0.4, 0.5) is 0 Å². The Morgan fingerprint density at radius 1 is 1.00 bits per heavy atom. The molecular weight excluding hydrogens is 236 g/mol. The Kier molecular flexibility index (Phi) is 2.45. The number of rotatable bonds is 2. The summed E-state index contributed by atoms with van der Waals surface area (Å²) in [6.07, 6.45) is 0. The predicted octanol–water partition coefficient (Wildman–Crippen LogP) is -1.70. The van der Waals surface area contributed by atoms with E-state index in [2.05, 4.69) is 0 Å². The molecule has 0 amide bonds. The van der Waals surface area contributed by atoms with E-state index in [1.54, 1.807) is 0 Å². The van der Waals surface area contributed by atoms with Crippen LogP contribution in [-0.2, 0) is 26.1 Å². The summed E-state index contributed by atoms with van der Waals surface area (Å²) in [6, 6.07) is 0. The van der Waals surface area contributed by atoms with Crippen LogP contribution in [0.15, 0.2) is 0 Å². The number of nitrogens with zero attached hydrogens (tertiary/aromatic N) is 2. The van der Waals surface area contributed by atoms with Gasteiger partial charge < -0.3 is 0 Å². The maximum atomic E-state index is 10.2. The van der Waals surface area contributed by atoms with E-state index in [9.17, 15) is 25.3 Å². The molecule has 0 unspecified atom stereocenters. The zero-order valence-corrected chi connectivity index (χ0v) is 7.47. The Balaban J connectivity index is 6.09. The highest BCUT2D eigenvalue weighted by Crippen LogP contribution is 2.11. The SMILES string of the molecule is N#[N+]S(=O)(=O)S(=O)(=O)S(=O)(=O)O. The Hall–Kier alpha value is -0.770. The van der Waals surface area contributed by atoms with E-state index >= 15 is 0 Å². The van der Waals surface area contributed by atoms with Crippen LogP contribution in [0.3, 0.4) is 0 Å². The third-order valence-corrected chi connectivity index (χ3v) is 8.24. The van der Waals surface area contributed by atoms with Gasteiger partial charge in [0.05, 0.1) is 0 Å². The highest BCUT2D eigenvalue weighted by molar-refractivity contribution is 8.98. The average Bonchev–Trinajstić information content (AvgIpc) is 1.85. The number of hydrogen-bond donors (Lipinski definition) is 1. The summed E-state index contributed by atoms with van der Waals surface area (Å²) < 4.78 is 69.6. The molecule has 0 heterocycles. The molecule has 0 radical (unpaired) electrons. The third-order valence-electron chi connectivity index (χ3n) is 0.616. The maximum absolute atomic E-state index is 10.2. The standard InChI is InChI=1S/N2O7S3/c1-2-10(3,4)12(8,9)11(5,6)7/p+1. The Morgan fingerprint density at radius 3 is 1.42 bits per heavy atom. The molecule has 70 valence electrons. The molecular formula is HN2O7S3+. The molecule has 0 aromatic rings. The zero-order valence-electron chi connectivity index (χ0n) is 5.02. The van der Waals surface area contributed by atoms with Gasteiger partial charge >= 0.3 is 26.1 Å². The van der Waals surface area contributed by atoms with Gasteiger partial charge in [-0.1, -0.05) is 0 Å². The molecule has 0 saturated carbocycles. The summed E-state index contributed by atoms with van der Waals surface area (Å²) in [7, 11) is -17.4. The molecule has 0 aliphatic heterocycles. The van der Waals surface area contributed by atoms with E-state index in [0.29, 0.717) is 0 Å². The Morgan fingerprint density at radius 2 is 1.33 bits per heavy atom. The van der Waals surface area contributed by atoms with E-state index in [1.165, 1.54) is 4.38 Å². The van der Waals surface area contributed by atoms with Crippen molar-refractivity contribution in [3.8, 4) is 0 Å².